The molecule has 2 heterocycles. The van der Waals surface area contributed by atoms with Gasteiger partial charge in [-0.2, -0.15) is 0 Å². The molecule has 1 aromatic heterocycles. The van der Waals surface area contributed by atoms with Crippen molar-refractivity contribution in [3.63, 3.8) is 0 Å². The molecule has 0 aliphatic carbocycles. The van der Waals surface area contributed by atoms with Gasteiger partial charge in [-0.25, -0.2) is 4.39 Å². The lowest BCUT2D eigenvalue weighted by Gasteiger charge is -2.25. The van der Waals surface area contributed by atoms with Crippen LogP contribution in [-0.4, -0.2) is 19.1 Å². The zero-order valence-corrected chi connectivity index (χ0v) is 15.2. The molecule has 0 radical (unpaired) electrons. The summed E-state index contributed by atoms with van der Waals surface area (Å²) in [5.41, 5.74) is 1.16. The molecule has 1 amide bonds. The maximum atomic E-state index is 12.9. The summed E-state index contributed by atoms with van der Waals surface area (Å²) >= 11 is 0. The average molecular weight is 381 g/mol. The Bertz CT molecular complexity index is 951. The maximum absolute atomic E-state index is 12.9. The zero-order chi connectivity index (χ0) is 19.3. The van der Waals surface area contributed by atoms with Crippen LogP contribution in [0.5, 0.6) is 11.5 Å². The summed E-state index contributed by atoms with van der Waals surface area (Å²) in [6.07, 6.45) is 0.866. The van der Waals surface area contributed by atoms with Gasteiger partial charge in [0.1, 0.15) is 29.7 Å². The van der Waals surface area contributed by atoms with Crippen molar-refractivity contribution in [3.05, 3.63) is 83.6 Å². The average Bonchev–Trinajstić information content (AvgIpc) is 3.21. The first-order valence-electron chi connectivity index (χ1n) is 9.13. The Morgan fingerprint density at radius 1 is 1.11 bits per heavy atom. The van der Waals surface area contributed by atoms with E-state index in [4.69, 9.17) is 13.9 Å². The molecule has 0 fully saturated rings. The number of para-hydroxylation sites is 1. The summed E-state index contributed by atoms with van der Waals surface area (Å²) < 4.78 is 29.7. The van der Waals surface area contributed by atoms with E-state index in [2.05, 4.69) is 5.32 Å². The Hall–Kier alpha value is -3.28. The van der Waals surface area contributed by atoms with Crippen molar-refractivity contribution in [2.24, 2.45) is 5.92 Å². The van der Waals surface area contributed by atoms with Crippen molar-refractivity contribution in [2.75, 3.05) is 13.2 Å². The molecule has 1 aliphatic heterocycles. The van der Waals surface area contributed by atoms with Gasteiger partial charge >= 0.3 is 0 Å². The van der Waals surface area contributed by atoms with E-state index in [-0.39, 0.29) is 30.0 Å². The van der Waals surface area contributed by atoms with Gasteiger partial charge in [0.05, 0.1) is 6.61 Å². The number of hydrogen-bond acceptors (Lipinski definition) is 4. The molecule has 1 unspecified atom stereocenters. The Labute approximate surface area is 162 Å². The fourth-order valence-electron chi connectivity index (χ4n) is 3.11. The van der Waals surface area contributed by atoms with Gasteiger partial charge in [0.25, 0.3) is 5.91 Å². The van der Waals surface area contributed by atoms with Crippen molar-refractivity contribution in [1.82, 2.24) is 5.32 Å². The summed E-state index contributed by atoms with van der Waals surface area (Å²) in [6, 6.07) is 17.0. The number of fused-ring (bicyclic) bond motifs is 1. The largest absolute Gasteiger partial charge is 0.493 e. The molecule has 0 bridgehead atoms. The summed E-state index contributed by atoms with van der Waals surface area (Å²) in [4.78, 5) is 12.3. The zero-order valence-electron chi connectivity index (χ0n) is 15.2. The molecule has 1 atom stereocenters. The molecular weight excluding hydrogens is 361 g/mol. The molecule has 0 spiro atoms. The van der Waals surface area contributed by atoms with E-state index in [0.29, 0.717) is 24.7 Å². The first-order valence-corrected chi connectivity index (χ1v) is 9.13. The van der Waals surface area contributed by atoms with Crippen LogP contribution in [-0.2, 0) is 13.0 Å². The number of benzene rings is 2. The number of carbonyl (C=O) groups excluding carboxylic acids is 1. The van der Waals surface area contributed by atoms with E-state index < -0.39 is 0 Å². The van der Waals surface area contributed by atoms with Crippen LogP contribution in [0.25, 0.3) is 0 Å². The van der Waals surface area contributed by atoms with E-state index >= 15 is 0 Å². The normalized spacial score (nSPS) is 15.4. The van der Waals surface area contributed by atoms with Crippen LogP contribution in [0.3, 0.4) is 0 Å². The molecule has 6 heteroatoms. The molecule has 4 rings (SSSR count). The fraction of sp³-hybridized carbons (Fsp3) is 0.227. The molecule has 0 saturated carbocycles. The van der Waals surface area contributed by atoms with Crippen molar-refractivity contribution in [2.45, 2.75) is 13.0 Å². The minimum Gasteiger partial charge on any atom is -0.493 e. The molecule has 28 heavy (non-hydrogen) atoms. The van der Waals surface area contributed by atoms with Gasteiger partial charge in [-0.1, -0.05) is 18.2 Å². The highest BCUT2D eigenvalue weighted by Gasteiger charge is 2.21. The van der Waals surface area contributed by atoms with Crippen molar-refractivity contribution < 1.29 is 23.1 Å². The van der Waals surface area contributed by atoms with Crippen LogP contribution >= 0.6 is 0 Å². The monoisotopic (exact) mass is 381 g/mol. The Kier molecular flexibility index (Phi) is 5.28. The Morgan fingerprint density at radius 2 is 1.93 bits per heavy atom. The minimum atomic E-state index is -0.323. The second-order valence-corrected chi connectivity index (χ2v) is 6.71. The predicted octanol–water partition coefficient (Wildman–Crippen LogP) is 3.98. The van der Waals surface area contributed by atoms with Crippen LogP contribution in [0.2, 0.25) is 0 Å². The lowest BCUT2D eigenvalue weighted by molar-refractivity contribution is 0.0907. The van der Waals surface area contributed by atoms with Crippen molar-refractivity contribution in [1.29, 1.82) is 0 Å². The quantitative estimate of drug-likeness (QED) is 0.702. The van der Waals surface area contributed by atoms with Crippen molar-refractivity contribution >= 4 is 5.91 Å². The molecule has 2 aromatic carbocycles. The first kappa shape index (κ1) is 18.1. The number of hydrogen-bond donors (Lipinski definition) is 1. The van der Waals surface area contributed by atoms with Gasteiger partial charge < -0.3 is 19.2 Å². The van der Waals surface area contributed by atoms with Gasteiger partial charge in [-0.15, -0.1) is 0 Å². The number of furan rings is 1. The van der Waals surface area contributed by atoms with Crippen LogP contribution in [0.4, 0.5) is 4.39 Å². The number of ether oxygens (including phenoxy) is 2. The molecule has 144 valence electrons. The smallest absolute Gasteiger partial charge is 0.287 e. The van der Waals surface area contributed by atoms with Crippen LogP contribution in [0, 0.1) is 11.7 Å². The van der Waals surface area contributed by atoms with Crippen LogP contribution < -0.4 is 14.8 Å². The highest BCUT2D eigenvalue weighted by molar-refractivity contribution is 5.91. The molecule has 0 saturated heterocycles. The van der Waals surface area contributed by atoms with E-state index in [1.54, 1.807) is 12.1 Å². The highest BCUT2D eigenvalue weighted by atomic mass is 19.1. The van der Waals surface area contributed by atoms with Crippen molar-refractivity contribution in [3.8, 4) is 11.5 Å². The molecular formula is C22H20FNO4. The lowest BCUT2D eigenvalue weighted by Crippen LogP contribution is -2.34. The van der Waals surface area contributed by atoms with E-state index in [1.807, 2.05) is 24.3 Å². The second-order valence-electron chi connectivity index (χ2n) is 6.71. The number of nitrogens with one attached hydrogen (secondary N) is 1. The van der Waals surface area contributed by atoms with Crippen LogP contribution in [0.1, 0.15) is 21.9 Å². The molecule has 1 aliphatic rings. The highest BCUT2D eigenvalue weighted by Crippen LogP contribution is 2.26. The van der Waals surface area contributed by atoms with Gasteiger partial charge in [0, 0.05) is 12.5 Å². The third kappa shape index (κ3) is 4.34. The number of rotatable bonds is 6. The Morgan fingerprint density at radius 3 is 2.79 bits per heavy atom. The summed E-state index contributed by atoms with van der Waals surface area (Å²) in [5.74, 6) is 1.82. The van der Waals surface area contributed by atoms with E-state index in [1.165, 1.54) is 24.3 Å². The topological polar surface area (TPSA) is 60.7 Å². The first-order chi connectivity index (χ1) is 13.7. The summed E-state index contributed by atoms with van der Waals surface area (Å²) in [5, 5.41) is 2.90. The van der Waals surface area contributed by atoms with E-state index in [9.17, 15) is 9.18 Å². The maximum Gasteiger partial charge on any atom is 0.287 e. The molecule has 1 N–H and O–H groups in total. The van der Waals surface area contributed by atoms with Gasteiger partial charge in [0.2, 0.25) is 0 Å². The number of amides is 1. The van der Waals surface area contributed by atoms with Gasteiger partial charge in [-0.3, -0.25) is 4.79 Å². The van der Waals surface area contributed by atoms with Crippen LogP contribution in [0.15, 0.2) is 65.1 Å². The SMILES string of the molecule is O=C(NCC1COc2ccccc2C1)c1ccc(COc2ccc(F)cc2)o1. The molecule has 5 nitrogen and oxygen atoms in total. The minimum absolute atomic E-state index is 0.159. The third-order valence-corrected chi connectivity index (χ3v) is 4.59. The van der Waals surface area contributed by atoms with Gasteiger partial charge in [0.15, 0.2) is 5.76 Å². The standard InChI is InChI=1S/C22H20FNO4/c23-17-5-7-18(8-6-17)26-14-19-9-10-21(28-19)22(25)24-12-15-11-16-3-1-2-4-20(16)27-13-15/h1-10,15H,11-14H2,(H,24,25). The summed E-state index contributed by atoms with van der Waals surface area (Å²) in [6.45, 7) is 1.24. The third-order valence-electron chi connectivity index (χ3n) is 4.59. The number of halogens is 1. The lowest BCUT2D eigenvalue weighted by atomic mass is 9.97. The fourth-order valence-corrected chi connectivity index (χ4v) is 3.11. The Balaban J connectivity index is 1.27. The summed E-state index contributed by atoms with van der Waals surface area (Å²) in [7, 11) is 0. The van der Waals surface area contributed by atoms with E-state index in [0.717, 1.165) is 17.7 Å². The number of carbonyl (C=O) groups is 1. The molecule has 3 aromatic rings. The van der Waals surface area contributed by atoms with Gasteiger partial charge in [-0.05, 0) is 54.4 Å². The predicted molar refractivity (Wildman–Crippen MR) is 101 cm³/mol. The second kappa shape index (κ2) is 8.17.